The molecule has 2 aliphatic rings. The molecular weight excluding hydrogens is 250 g/mol. The normalized spacial score (nSPS) is 24.2. The van der Waals surface area contributed by atoms with E-state index < -0.39 is 0 Å². The average molecular weight is 273 g/mol. The number of piperidine rings is 1. The van der Waals surface area contributed by atoms with Gasteiger partial charge in [-0.25, -0.2) is 0 Å². The number of para-hydroxylation sites is 1. The van der Waals surface area contributed by atoms with Crippen molar-refractivity contribution < 1.29 is 4.79 Å². The molecule has 4 heteroatoms. The fourth-order valence-electron chi connectivity index (χ4n) is 3.24. The number of hydrogen-bond acceptors (Lipinski definition) is 3. The Kier molecular flexibility index (Phi) is 4.03. The van der Waals surface area contributed by atoms with Gasteiger partial charge in [0, 0.05) is 23.8 Å². The van der Waals surface area contributed by atoms with E-state index in [1.54, 1.807) is 0 Å². The molecule has 1 saturated heterocycles. The van der Waals surface area contributed by atoms with Gasteiger partial charge in [0.2, 0.25) is 5.91 Å². The maximum Gasteiger partial charge on any atom is 0.246 e. The van der Waals surface area contributed by atoms with Crippen LogP contribution in [0.25, 0.3) is 0 Å². The predicted molar refractivity (Wildman–Crippen MR) is 80.7 cm³/mol. The number of amides is 1. The molecule has 4 nitrogen and oxygen atoms in total. The van der Waals surface area contributed by atoms with Crippen LogP contribution in [0.15, 0.2) is 24.3 Å². The molecule has 1 fully saturated rings. The monoisotopic (exact) mass is 273 g/mol. The van der Waals surface area contributed by atoms with E-state index in [1.807, 2.05) is 24.3 Å². The van der Waals surface area contributed by atoms with Gasteiger partial charge >= 0.3 is 0 Å². The summed E-state index contributed by atoms with van der Waals surface area (Å²) < 4.78 is 0. The molecule has 3 rings (SSSR count). The quantitative estimate of drug-likeness (QED) is 0.883. The molecule has 2 aliphatic heterocycles. The third kappa shape index (κ3) is 2.86. The number of fused-ring (bicyclic) bond motifs is 1. The van der Waals surface area contributed by atoms with Gasteiger partial charge in [0.05, 0.1) is 0 Å². The SMILES string of the molecule is CC(CN1CCCCC1)NC1C(=O)Nc2ccccc21. The summed E-state index contributed by atoms with van der Waals surface area (Å²) in [7, 11) is 0. The van der Waals surface area contributed by atoms with Crippen molar-refractivity contribution in [2.45, 2.75) is 38.3 Å². The second kappa shape index (κ2) is 5.94. The fourth-order valence-corrected chi connectivity index (χ4v) is 3.24. The fraction of sp³-hybridized carbons (Fsp3) is 0.562. The van der Waals surface area contributed by atoms with Gasteiger partial charge in [-0.3, -0.25) is 10.1 Å². The Bertz CT molecular complexity index is 482. The summed E-state index contributed by atoms with van der Waals surface area (Å²) >= 11 is 0. The van der Waals surface area contributed by atoms with Gasteiger partial charge in [0.1, 0.15) is 6.04 Å². The number of likely N-dealkylation sites (tertiary alicyclic amines) is 1. The van der Waals surface area contributed by atoms with Crippen LogP contribution in [0.2, 0.25) is 0 Å². The van der Waals surface area contributed by atoms with E-state index in [0.29, 0.717) is 6.04 Å². The number of carbonyl (C=O) groups is 1. The topological polar surface area (TPSA) is 44.4 Å². The van der Waals surface area contributed by atoms with Crippen LogP contribution in [0.1, 0.15) is 37.8 Å². The summed E-state index contributed by atoms with van der Waals surface area (Å²) in [6, 6.07) is 8.05. The Hall–Kier alpha value is -1.39. The lowest BCUT2D eigenvalue weighted by Gasteiger charge is -2.30. The van der Waals surface area contributed by atoms with Crippen LogP contribution in [0.3, 0.4) is 0 Å². The number of nitrogens with zero attached hydrogens (tertiary/aromatic N) is 1. The number of carbonyl (C=O) groups excluding carboxylic acids is 1. The van der Waals surface area contributed by atoms with Gasteiger partial charge in [-0.1, -0.05) is 24.6 Å². The van der Waals surface area contributed by atoms with Gasteiger partial charge in [0.25, 0.3) is 0 Å². The van der Waals surface area contributed by atoms with E-state index in [2.05, 4.69) is 22.5 Å². The zero-order valence-electron chi connectivity index (χ0n) is 12.1. The molecule has 108 valence electrons. The minimum atomic E-state index is -0.203. The van der Waals surface area contributed by atoms with Crippen LogP contribution in [0.4, 0.5) is 5.69 Å². The van der Waals surface area contributed by atoms with Crippen molar-refractivity contribution >= 4 is 11.6 Å². The van der Waals surface area contributed by atoms with Crippen molar-refractivity contribution in [1.29, 1.82) is 0 Å². The zero-order valence-corrected chi connectivity index (χ0v) is 12.1. The predicted octanol–water partition coefficient (Wildman–Crippen LogP) is 2.14. The first-order chi connectivity index (χ1) is 9.74. The Labute approximate surface area is 120 Å². The van der Waals surface area contributed by atoms with Crippen molar-refractivity contribution in [3.8, 4) is 0 Å². The van der Waals surface area contributed by atoms with Crippen LogP contribution in [0.5, 0.6) is 0 Å². The summed E-state index contributed by atoms with van der Waals surface area (Å²) in [5.74, 6) is 0.0664. The second-order valence-electron chi connectivity index (χ2n) is 5.94. The standard InChI is InChI=1S/C16H23N3O/c1-12(11-19-9-5-2-6-10-19)17-15-13-7-3-4-8-14(13)18-16(15)20/h3-4,7-8,12,15,17H,2,5-6,9-11H2,1H3,(H,18,20). The van der Waals surface area contributed by atoms with E-state index in [0.717, 1.165) is 17.8 Å². The van der Waals surface area contributed by atoms with E-state index in [1.165, 1.54) is 32.4 Å². The molecule has 2 N–H and O–H groups in total. The van der Waals surface area contributed by atoms with Gasteiger partial charge in [-0.15, -0.1) is 0 Å². The largest absolute Gasteiger partial charge is 0.324 e. The number of hydrogen-bond donors (Lipinski definition) is 2. The highest BCUT2D eigenvalue weighted by Crippen LogP contribution is 2.30. The highest BCUT2D eigenvalue weighted by Gasteiger charge is 2.31. The summed E-state index contributed by atoms with van der Waals surface area (Å²) in [6.07, 6.45) is 3.97. The number of benzene rings is 1. The van der Waals surface area contributed by atoms with E-state index in [9.17, 15) is 4.79 Å². The van der Waals surface area contributed by atoms with Crippen molar-refractivity contribution in [3.05, 3.63) is 29.8 Å². The summed E-state index contributed by atoms with van der Waals surface area (Å²) in [5.41, 5.74) is 2.02. The lowest BCUT2D eigenvalue weighted by Crippen LogP contribution is -2.44. The molecule has 0 spiro atoms. The molecule has 2 heterocycles. The van der Waals surface area contributed by atoms with E-state index >= 15 is 0 Å². The minimum absolute atomic E-state index is 0.0664. The number of nitrogens with one attached hydrogen (secondary N) is 2. The van der Waals surface area contributed by atoms with Crippen molar-refractivity contribution in [2.24, 2.45) is 0 Å². The molecule has 0 bridgehead atoms. The molecule has 0 aliphatic carbocycles. The Morgan fingerprint density at radius 3 is 2.85 bits per heavy atom. The van der Waals surface area contributed by atoms with Crippen LogP contribution >= 0.6 is 0 Å². The lowest BCUT2D eigenvalue weighted by atomic mass is 10.1. The molecule has 0 aromatic heterocycles. The molecule has 1 amide bonds. The molecule has 2 unspecified atom stereocenters. The Morgan fingerprint density at radius 2 is 2.05 bits per heavy atom. The minimum Gasteiger partial charge on any atom is -0.324 e. The second-order valence-corrected chi connectivity index (χ2v) is 5.94. The molecule has 20 heavy (non-hydrogen) atoms. The summed E-state index contributed by atoms with van der Waals surface area (Å²) in [5, 5.41) is 6.42. The highest BCUT2D eigenvalue weighted by molar-refractivity contribution is 6.02. The molecule has 0 saturated carbocycles. The maximum absolute atomic E-state index is 12.1. The number of rotatable bonds is 4. The van der Waals surface area contributed by atoms with Crippen LogP contribution in [-0.4, -0.2) is 36.5 Å². The van der Waals surface area contributed by atoms with Crippen molar-refractivity contribution in [2.75, 3.05) is 25.0 Å². The lowest BCUT2D eigenvalue weighted by molar-refractivity contribution is -0.117. The van der Waals surface area contributed by atoms with Gasteiger partial charge in [-0.05, 0) is 38.9 Å². The zero-order chi connectivity index (χ0) is 13.9. The molecular formula is C16H23N3O. The van der Waals surface area contributed by atoms with Crippen LogP contribution in [-0.2, 0) is 4.79 Å². The highest BCUT2D eigenvalue weighted by atomic mass is 16.2. The summed E-state index contributed by atoms with van der Waals surface area (Å²) in [6.45, 7) is 5.58. The van der Waals surface area contributed by atoms with Gasteiger partial charge in [0.15, 0.2) is 0 Å². The first-order valence-electron chi connectivity index (χ1n) is 7.62. The van der Waals surface area contributed by atoms with Crippen molar-refractivity contribution in [3.63, 3.8) is 0 Å². The third-order valence-corrected chi connectivity index (χ3v) is 4.22. The van der Waals surface area contributed by atoms with Crippen LogP contribution < -0.4 is 10.6 Å². The Balaban J connectivity index is 1.61. The molecule has 0 radical (unpaired) electrons. The smallest absolute Gasteiger partial charge is 0.246 e. The summed E-state index contributed by atoms with van der Waals surface area (Å²) in [4.78, 5) is 14.6. The van der Waals surface area contributed by atoms with E-state index in [4.69, 9.17) is 0 Å². The van der Waals surface area contributed by atoms with Gasteiger partial charge < -0.3 is 10.2 Å². The van der Waals surface area contributed by atoms with Gasteiger partial charge in [-0.2, -0.15) is 0 Å². The van der Waals surface area contributed by atoms with E-state index in [-0.39, 0.29) is 11.9 Å². The number of anilines is 1. The molecule has 1 aromatic rings. The average Bonchev–Trinajstić information content (AvgIpc) is 2.76. The molecule has 2 atom stereocenters. The van der Waals surface area contributed by atoms with Crippen LogP contribution in [0, 0.1) is 0 Å². The first-order valence-corrected chi connectivity index (χ1v) is 7.62. The van der Waals surface area contributed by atoms with Crippen molar-refractivity contribution in [1.82, 2.24) is 10.2 Å². The third-order valence-electron chi connectivity index (χ3n) is 4.22. The molecule has 1 aromatic carbocycles. The maximum atomic E-state index is 12.1. The Morgan fingerprint density at radius 1 is 1.30 bits per heavy atom. The first kappa shape index (κ1) is 13.6.